The van der Waals surface area contributed by atoms with Crippen LogP contribution in [0.25, 0.3) is 0 Å². The summed E-state index contributed by atoms with van der Waals surface area (Å²) >= 11 is 6.59. The molecule has 2 heterocycles. The molecule has 0 radical (unpaired) electrons. The van der Waals surface area contributed by atoms with Gasteiger partial charge in [-0.1, -0.05) is 12.2 Å². The first kappa shape index (κ1) is 11.9. The number of nitrogens with zero attached hydrogens (tertiary/aromatic N) is 3. The van der Waals surface area contributed by atoms with Gasteiger partial charge in [-0.3, -0.25) is 0 Å². The van der Waals surface area contributed by atoms with Gasteiger partial charge < -0.3 is 10.6 Å². The van der Waals surface area contributed by atoms with Gasteiger partial charge in [0.1, 0.15) is 10.8 Å². The normalized spacial score (nSPS) is 10.2. The standard InChI is InChI=1S/C11H12N4S2/c1-15(5-8-6-17-7-14-8)11-9(10(12)16)3-2-4-13-11/h2-4,6-7H,5H2,1H3,(H2,12,16). The largest absolute Gasteiger partial charge is 0.389 e. The van der Waals surface area contributed by atoms with Crippen molar-refractivity contribution in [2.75, 3.05) is 11.9 Å². The van der Waals surface area contributed by atoms with Gasteiger partial charge in [0.2, 0.25) is 0 Å². The minimum Gasteiger partial charge on any atom is -0.389 e. The van der Waals surface area contributed by atoms with E-state index in [9.17, 15) is 0 Å². The molecule has 6 heteroatoms. The molecule has 2 N–H and O–H groups in total. The van der Waals surface area contributed by atoms with Crippen LogP contribution in [0.2, 0.25) is 0 Å². The maximum absolute atomic E-state index is 5.68. The number of thiocarbonyl (C=S) groups is 1. The second-order valence-corrected chi connectivity index (χ2v) is 4.73. The highest BCUT2D eigenvalue weighted by Gasteiger charge is 2.11. The summed E-state index contributed by atoms with van der Waals surface area (Å²) in [5.74, 6) is 0.785. The highest BCUT2D eigenvalue weighted by Crippen LogP contribution is 2.17. The summed E-state index contributed by atoms with van der Waals surface area (Å²) in [6.45, 7) is 0.691. The number of nitrogens with two attached hydrogens (primary N) is 1. The number of pyridine rings is 1. The van der Waals surface area contributed by atoms with Gasteiger partial charge in [0.05, 0.1) is 23.3 Å². The highest BCUT2D eigenvalue weighted by molar-refractivity contribution is 7.80. The maximum Gasteiger partial charge on any atom is 0.138 e. The van der Waals surface area contributed by atoms with Gasteiger partial charge >= 0.3 is 0 Å². The Labute approximate surface area is 109 Å². The highest BCUT2D eigenvalue weighted by atomic mass is 32.1. The third-order valence-electron chi connectivity index (χ3n) is 2.30. The first-order chi connectivity index (χ1) is 8.18. The molecule has 0 bridgehead atoms. The third kappa shape index (κ3) is 2.78. The van der Waals surface area contributed by atoms with Gasteiger partial charge in [-0.2, -0.15) is 0 Å². The van der Waals surface area contributed by atoms with Crippen molar-refractivity contribution in [2.45, 2.75) is 6.54 Å². The van der Waals surface area contributed by atoms with E-state index in [-0.39, 0.29) is 0 Å². The molecular formula is C11H12N4S2. The zero-order valence-corrected chi connectivity index (χ0v) is 11.0. The van der Waals surface area contributed by atoms with E-state index in [0.717, 1.165) is 17.1 Å². The number of hydrogen-bond donors (Lipinski definition) is 1. The molecule has 2 aromatic heterocycles. The second-order valence-electron chi connectivity index (χ2n) is 3.57. The number of anilines is 1. The Morgan fingerprint density at radius 3 is 3.00 bits per heavy atom. The molecule has 4 nitrogen and oxygen atoms in total. The average Bonchev–Trinajstić information content (AvgIpc) is 2.81. The van der Waals surface area contributed by atoms with Crippen molar-refractivity contribution in [2.24, 2.45) is 5.73 Å². The van der Waals surface area contributed by atoms with Gasteiger partial charge in [0, 0.05) is 18.6 Å². The minimum atomic E-state index is 0.359. The number of aromatic nitrogens is 2. The zero-order valence-electron chi connectivity index (χ0n) is 9.33. The van der Waals surface area contributed by atoms with E-state index in [0.29, 0.717) is 11.5 Å². The minimum absolute atomic E-state index is 0.359. The lowest BCUT2D eigenvalue weighted by atomic mass is 10.2. The Morgan fingerprint density at radius 2 is 2.35 bits per heavy atom. The molecule has 0 spiro atoms. The Kier molecular flexibility index (Phi) is 3.65. The molecule has 0 saturated carbocycles. The van der Waals surface area contributed by atoms with Crippen molar-refractivity contribution in [3.63, 3.8) is 0 Å². The van der Waals surface area contributed by atoms with Crippen molar-refractivity contribution >= 4 is 34.4 Å². The SMILES string of the molecule is CN(Cc1cscn1)c1ncccc1C(N)=S. The molecule has 0 aliphatic rings. The van der Waals surface area contributed by atoms with Gasteiger partial charge in [0.15, 0.2) is 0 Å². The van der Waals surface area contributed by atoms with E-state index in [4.69, 9.17) is 18.0 Å². The van der Waals surface area contributed by atoms with E-state index in [1.165, 1.54) is 0 Å². The fourth-order valence-electron chi connectivity index (χ4n) is 1.53. The molecule has 0 saturated heterocycles. The van der Waals surface area contributed by atoms with Crippen molar-refractivity contribution in [3.8, 4) is 0 Å². The van der Waals surface area contributed by atoms with Crippen LogP contribution in [0, 0.1) is 0 Å². The van der Waals surface area contributed by atoms with E-state index < -0.39 is 0 Å². The zero-order chi connectivity index (χ0) is 12.3. The van der Waals surface area contributed by atoms with Crippen LogP contribution in [-0.2, 0) is 6.54 Å². The van der Waals surface area contributed by atoms with Crippen LogP contribution in [0.5, 0.6) is 0 Å². The van der Waals surface area contributed by atoms with Gasteiger partial charge in [0.25, 0.3) is 0 Å². The maximum atomic E-state index is 5.68. The molecule has 88 valence electrons. The van der Waals surface area contributed by atoms with Crippen LogP contribution in [0.3, 0.4) is 0 Å². The summed E-state index contributed by atoms with van der Waals surface area (Å²) < 4.78 is 0. The van der Waals surface area contributed by atoms with Crippen molar-refractivity contribution in [3.05, 3.63) is 40.5 Å². The molecule has 0 aromatic carbocycles. The summed E-state index contributed by atoms with van der Waals surface area (Å²) in [5.41, 5.74) is 9.30. The Hall–Kier alpha value is -1.53. The van der Waals surface area contributed by atoms with Crippen LogP contribution < -0.4 is 10.6 Å². The van der Waals surface area contributed by atoms with Crippen LogP contribution in [0.4, 0.5) is 5.82 Å². The molecule has 17 heavy (non-hydrogen) atoms. The molecule has 0 fully saturated rings. The fourth-order valence-corrected chi connectivity index (χ4v) is 2.24. The fraction of sp³-hybridized carbons (Fsp3) is 0.182. The summed E-state index contributed by atoms with van der Waals surface area (Å²) in [6.07, 6.45) is 1.73. The van der Waals surface area contributed by atoms with E-state index in [1.54, 1.807) is 17.5 Å². The Bertz CT molecular complexity index is 510. The van der Waals surface area contributed by atoms with Gasteiger partial charge in [-0.15, -0.1) is 11.3 Å². The van der Waals surface area contributed by atoms with Crippen molar-refractivity contribution in [1.82, 2.24) is 9.97 Å². The summed E-state index contributed by atoms with van der Waals surface area (Å²) in [6, 6.07) is 3.71. The van der Waals surface area contributed by atoms with Crippen molar-refractivity contribution in [1.29, 1.82) is 0 Å². The van der Waals surface area contributed by atoms with E-state index in [2.05, 4.69) is 9.97 Å². The lowest BCUT2D eigenvalue weighted by molar-refractivity contribution is 0.873. The van der Waals surface area contributed by atoms with E-state index >= 15 is 0 Å². The molecule has 0 aliphatic heterocycles. The Balaban J connectivity index is 2.24. The number of rotatable bonds is 4. The molecule has 0 atom stereocenters. The van der Waals surface area contributed by atoms with Crippen LogP contribution >= 0.6 is 23.6 Å². The second kappa shape index (κ2) is 5.20. The van der Waals surface area contributed by atoms with Crippen LogP contribution in [0.15, 0.2) is 29.2 Å². The monoisotopic (exact) mass is 264 g/mol. The van der Waals surface area contributed by atoms with Crippen LogP contribution in [-0.4, -0.2) is 22.0 Å². The molecule has 0 amide bonds. The molecule has 2 rings (SSSR count). The summed E-state index contributed by atoms with van der Waals surface area (Å²) in [4.78, 5) is 10.9. The molecule has 0 unspecified atom stereocenters. The molecular weight excluding hydrogens is 252 g/mol. The first-order valence-corrected chi connectivity index (χ1v) is 6.36. The smallest absolute Gasteiger partial charge is 0.138 e. The molecule has 2 aromatic rings. The number of thiazole rings is 1. The third-order valence-corrected chi connectivity index (χ3v) is 3.15. The quantitative estimate of drug-likeness (QED) is 0.854. The van der Waals surface area contributed by atoms with Crippen LogP contribution in [0.1, 0.15) is 11.3 Å². The Morgan fingerprint density at radius 1 is 1.53 bits per heavy atom. The lowest BCUT2D eigenvalue weighted by Gasteiger charge is -2.19. The predicted molar refractivity (Wildman–Crippen MR) is 74.3 cm³/mol. The number of hydrogen-bond acceptors (Lipinski definition) is 5. The summed E-state index contributed by atoms with van der Waals surface area (Å²) in [5, 5.41) is 2.01. The lowest BCUT2D eigenvalue weighted by Crippen LogP contribution is -2.22. The van der Waals surface area contributed by atoms with Gasteiger partial charge in [-0.25, -0.2) is 9.97 Å². The predicted octanol–water partition coefficient (Wildman–Crippen LogP) is 1.81. The van der Waals surface area contributed by atoms with Gasteiger partial charge in [-0.05, 0) is 12.1 Å². The first-order valence-electron chi connectivity index (χ1n) is 5.01. The summed E-state index contributed by atoms with van der Waals surface area (Å²) in [7, 11) is 1.95. The topological polar surface area (TPSA) is 55.0 Å². The van der Waals surface area contributed by atoms with Crippen molar-refractivity contribution < 1.29 is 0 Å². The van der Waals surface area contributed by atoms with E-state index in [1.807, 2.05) is 35.0 Å². The average molecular weight is 264 g/mol. The molecule has 0 aliphatic carbocycles.